The highest BCUT2D eigenvalue weighted by molar-refractivity contribution is 5.67. The summed E-state index contributed by atoms with van der Waals surface area (Å²) in [6, 6.07) is 3.64. The molecule has 0 aromatic carbocycles. The smallest absolute Gasteiger partial charge is 0.407 e. The SMILES string of the molecule is CC(n1cnc(-c2cncc(N3CCCC3)n2)c1)n1ccc(N2CCC[C@@H](NC(=O)OCC3CC3)C2)cc1=O. The van der Waals surface area contributed by atoms with Crippen molar-refractivity contribution in [2.24, 2.45) is 5.92 Å². The number of amides is 1. The Balaban J connectivity index is 1.11. The molecule has 11 heteroatoms. The van der Waals surface area contributed by atoms with Crippen molar-refractivity contribution in [2.75, 3.05) is 42.6 Å². The second-order valence-corrected chi connectivity index (χ2v) is 10.9. The summed E-state index contributed by atoms with van der Waals surface area (Å²) in [7, 11) is 0. The van der Waals surface area contributed by atoms with Crippen LogP contribution < -0.4 is 20.7 Å². The van der Waals surface area contributed by atoms with Gasteiger partial charge in [0.25, 0.3) is 5.56 Å². The summed E-state index contributed by atoms with van der Waals surface area (Å²) in [5, 5.41) is 2.99. The molecule has 5 heterocycles. The van der Waals surface area contributed by atoms with Gasteiger partial charge in [0, 0.05) is 56.4 Å². The Morgan fingerprint density at radius 2 is 1.92 bits per heavy atom. The third kappa shape index (κ3) is 5.91. The van der Waals surface area contributed by atoms with Crippen molar-refractivity contribution in [1.82, 2.24) is 29.4 Å². The maximum Gasteiger partial charge on any atom is 0.407 e. The van der Waals surface area contributed by atoms with Gasteiger partial charge in [-0.2, -0.15) is 0 Å². The molecule has 0 spiro atoms. The summed E-state index contributed by atoms with van der Waals surface area (Å²) in [5.41, 5.74) is 2.21. The van der Waals surface area contributed by atoms with E-state index in [4.69, 9.17) is 9.72 Å². The van der Waals surface area contributed by atoms with E-state index in [-0.39, 0.29) is 23.9 Å². The Morgan fingerprint density at radius 3 is 2.72 bits per heavy atom. The van der Waals surface area contributed by atoms with E-state index < -0.39 is 0 Å². The monoisotopic (exact) mass is 532 g/mol. The second kappa shape index (κ2) is 11.1. The molecule has 206 valence electrons. The molecule has 3 fully saturated rings. The number of carbonyl (C=O) groups excluding carboxylic acids is 1. The topological polar surface area (TPSA) is 110 Å². The number of alkyl carbamates (subject to hydrolysis) is 1. The minimum Gasteiger partial charge on any atom is -0.449 e. The van der Waals surface area contributed by atoms with E-state index in [0.29, 0.717) is 19.1 Å². The lowest BCUT2D eigenvalue weighted by Gasteiger charge is -2.34. The van der Waals surface area contributed by atoms with E-state index in [1.54, 1.807) is 29.4 Å². The molecule has 3 aliphatic rings. The van der Waals surface area contributed by atoms with E-state index >= 15 is 0 Å². The summed E-state index contributed by atoms with van der Waals surface area (Å²) >= 11 is 0. The molecule has 1 aliphatic carbocycles. The van der Waals surface area contributed by atoms with Gasteiger partial charge in [0.1, 0.15) is 23.4 Å². The van der Waals surface area contributed by atoms with Crippen LogP contribution in [0.4, 0.5) is 16.3 Å². The predicted molar refractivity (Wildman–Crippen MR) is 148 cm³/mol. The Labute approximate surface area is 227 Å². The van der Waals surface area contributed by atoms with E-state index in [0.717, 1.165) is 68.2 Å². The highest BCUT2D eigenvalue weighted by Crippen LogP contribution is 2.29. The number of nitrogens with zero attached hydrogens (tertiary/aromatic N) is 7. The number of ether oxygens (including phenoxy) is 1. The zero-order valence-corrected chi connectivity index (χ0v) is 22.4. The van der Waals surface area contributed by atoms with Gasteiger partial charge in [0.15, 0.2) is 0 Å². The molecule has 3 aromatic rings. The number of piperidine rings is 1. The number of anilines is 2. The van der Waals surface area contributed by atoms with Crippen LogP contribution in [0.2, 0.25) is 0 Å². The number of nitrogens with one attached hydrogen (secondary N) is 1. The van der Waals surface area contributed by atoms with Gasteiger partial charge < -0.3 is 24.4 Å². The van der Waals surface area contributed by atoms with Crippen LogP contribution in [0.25, 0.3) is 11.4 Å². The minimum atomic E-state index is -0.341. The van der Waals surface area contributed by atoms with Gasteiger partial charge in [-0.3, -0.25) is 14.3 Å². The molecule has 1 unspecified atom stereocenters. The van der Waals surface area contributed by atoms with Crippen LogP contribution in [-0.4, -0.2) is 69.0 Å². The number of aromatic nitrogens is 5. The van der Waals surface area contributed by atoms with Crippen LogP contribution in [0.3, 0.4) is 0 Å². The fourth-order valence-corrected chi connectivity index (χ4v) is 5.40. The fourth-order valence-electron chi connectivity index (χ4n) is 5.40. The van der Waals surface area contributed by atoms with Crippen molar-refractivity contribution in [3.8, 4) is 11.4 Å². The maximum atomic E-state index is 13.2. The highest BCUT2D eigenvalue weighted by Gasteiger charge is 2.26. The summed E-state index contributed by atoms with van der Waals surface area (Å²) < 4.78 is 8.94. The first kappa shape index (κ1) is 25.4. The predicted octanol–water partition coefficient (Wildman–Crippen LogP) is 3.27. The summed E-state index contributed by atoms with van der Waals surface area (Å²) in [4.78, 5) is 43.4. The molecular formula is C28H36N8O3. The molecule has 1 amide bonds. The average molecular weight is 533 g/mol. The van der Waals surface area contributed by atoms with Crippen molar-refractivity contribution >= 4 is 17.6 Å². The minimum absolute atomic E-state index is 0.00301. The summed E-state index contributed by atoms with van der Waals surface area (Å²) in [6.45, 7) is 5.98. The van der Waals surface area contributed by atoms with Crippen molar-refractivity contribution in [2.45, 2.75) is 57.7 Å². The number of rotatable bonds is 8. The molecule has 2 aliphatic heterocycles. The number of hydrogen-bond donors (Lipinski definition) is 1. The summed E-state index contributed by atoms with van der Waals surface area (Å²) in [5.74, 6) is 1.42. The zero-order valence-electron chi connectivity index (χ0n) is 22.4. The molecule has 2 saturated heterocycles. The normalized spacial score (nSPS) is 20.2. The zero-order chi connectivity index (χ0) is 26.8. The Bertz CT molecular complexity index is 1360. The van der Waals surface area contributed by atoms with Crippen molar-refractivity contribution in [3.05, 3.63) is 53.6 Å². The number of pyridine rings is 1. The fraction of sp³-hybridized carbons (Fsp3) is 0.536. The largest absolute Gasteiger partial charge is 0.449 e. The van der Waals surface area contributed by atoms with Crippen LogP contribution in [0, 0.1) is 5.92 Å². The van der Waals surface area contributed by atoms with Crippen LogP contribution in [0.5, 0.6) is 0 Å². The van der Waals surface area contributed by atoms with Gasteiger partial charge >= 0.3 is 6.09 Å². The van der Waals surface area contributed by atoms with E-state index in [1.165, 1.54) is 12.8 Å². The molecule has 0 radical (unpaired) electrons. The third-order valence-corrected chi connectivity index (χ3v) is 7.94. The van der Waals surface area contributed by atoms with Gasteiger partial charge in [0.2, 0.25) is 0 Å². The quantitative estimate of drug-likeness (QED) is 0.471. The van der Waals surface area contributed by atoms with Gasteiger partial charge in [-0.15, -0.1) is 0 Å². The molecule has 6 rings (SSSR count). The lowest BCUT2D eigenvalue weighted by Crippen LogP contribution is -2.48. The molecule has 2 atom stereocenters. The summed E-state index contributed by atoms with van der Waals surface area (Å²) in [6.07, 6.45) is 14.9. The lowest BCUT2D eigenvalue weighted by atomic mass is 10.1. The molecule has 39 heavy (non-hydrogen) atoms. The number of carbonyl (C=O) groups is 1. The number of imidazole rings is 1. The maximum absolute atomic E-state index is 13.2. The Morgan fingerprint density at radius 1 is 1.10 bits per heavy atom. The first-order chi connectivity index (χ1) is 19.0. The van der Waals surface area contributed by atoms with E-state index in [1.807, 2.05) is 30.0 Å². The molecular weight excluding hydrogens is 496 g/mol. The van der Waals surface area contributed by atoms with Crippen LogP contribution >= 0.6 is 0 Å². The van der Waals surface area contributed by atoms with Crippen molar-refractivity contribution in [1.29, 1.82) is 0 Å². The Kier molecular flexibility index (Phi) is 7.21. The standard InChI is InChI=1S/C28H36N8O3/c1-20(35-17-25(30-19-35)24-14-29-15-26(32-24)33-9-2-3-10-33)36-12-8-23(13-27(36)37)34-11-4-5-22(16-34)31-28(38)39-18-21-6-7-21/h8,12-15,17,19-22H,2-7,9-11,16,18H2,1H3,(H,31,38)/t20?,22-/m1/s1. The van der Waals surface area contributed by atoms with Gasteiger partial charge in [-0.1, -0.05) is 0 Å². The molecule has 1 saturated carbocycles. The van der Waals surface area contributed by atoms with Crippen molar-refractivity contribution < 1.29 is 9.53 Å². The van der Waals surface area contributed by atoms with Crippen LogP contribution in [-0.2, 0) is 4.74 Å². The van der Waals surface area contributed by atoms with Gasteiger partial charge in [-0.25, -0.2) is 14.8 Å². The third-order valence-electron chi connectivity index (χ3n) is 7.94. The Hall–Kier alpha value is -3.89. The van der Waals surface area contributed by atoms with E-state index in [2.05, 4.69) is 25.1 Å². The molecule has 11 nitrogen and oxygen atoms in total. The molecule has 3 aromatic heterocycles. The average Bonchev–Trinajstić information content (AvgIpc) is 3.39. The van der Waals surface area contributed by atoms with E-state index in [9.17, 15) is 9.59 Å². The first-order valence-corrected chi connectivity index (χ1v) is 14.0. The second-order valence-electron chi connectivity index (χ2n) is 10.9. The van der Waals surface area contributed by atoms with Crippen molar-refractivity contribution in [3.63, 3.8) is 0 Å². The highest BCUT2D eigenvalue weighted by atomic mass is 16.5. The first-order valence-electron chi connectivity index (χ1n) is 14.0. The van der Waals surface area contributed by atoms with Crippen LogP contribution in [0.15, 0.2) is 48.0 Å². The van der Waals surface area contributed by atoms with Gasteiger partial charge in [0.05, 0.1) is 25.3 Å². The molecule has 1 N–H and O–H groups in total. The van der Waals surface area contributed by atoms with Gasteiger partial charge in [-0.05, 0) is 57.4 Å². The number of hydrogen-bond acceptors (Lipinski definition) is 8. The molecule has 0 bridgehead atoms. The lowest BCUT2D eigenvalue weighted by molar-refractivity contribution is 0.136. The van der Waals surface area contributed by atoms with Crippen LogP contribution in [0.1, 0.15) is 51.6 Å².